The van der Waals surface area contributed by atoms with Crippen molar-refractivity contribution < 1.29 is 9.13 Å². The van der Waals surface area contributed by atoms with Crippen LogP contribution >= 0.6 is 0 Å². The maximum absolute atomic E-state index is 14.2. The molecule has 5 nitrogen and oxygen atoms in total. The summed E-state index contributed by atoms with van der Waals surface area (Å²) in [6.45, 7) is 3.19. The van der Waals surface area contributed by atoms with Gasteiger partial charge in [-0.2, -0.15) is 0 Å². The predicted octanol–water partition coefficient (Wildman–Crippen LogP) is 3.11. The van der Waals surface area contributed by atoms with Crippen LogP contribution in [-0.4, -0.2) is 41.6 Å². The van der Waals surface area contributed by atoms with Gasteiger partial charge in [-0.3, -0.25) is 4.57 Å². The molecule has 0 amide bonds. The molecule has 1 saturated carbocycles. The van der Waals surface area contributed by atoms with Crippen molar-refractivity contribution >= 4 is 5.95 Å². The Morgan fingerprint density at radius 3 is 2.79 bits per heavy atom. The number of piperidine rings is 1. The number of methoxy groups -OCH3 is 1. The fourth-order valence-electron chi connectivity index (χ4n) is 3.72. The van der Waals surface area contributed by atoms with Gasteiger partial charge in [-0.05, 0) is 43.2 Å². The van der Waals surface area contributed by atoms with Crippen LogP contribution in [0.3, 0.4) is 0 Å². The predicted molar refractivity (Wildman–Crippen MR) is 90.4 cm³/mol. The molecule has 0 unspecified atom stereocenters. The van der Waals surface area contributed by atoms with E-state index in [4.69, 9.17) is 4.74 Å². The Labute approximate surface area is 141 Å². The highest BCUT2D eigenvalue weighted by Crippen LogP contribution is 2.52. The summed E-state index contributed by atoms with van der Waals surface area (Å²) < 4.78 is 21.5. The van der Waals surface area contributed by atoms with Crippen molar-refractivity contribution in [1.29, 1.82) is 0 Å². The molecule has 1 saturated heterocycles. The summed E-state index contributed by atoms with van der Waals surface area (Å²) >= 11 is 0. The van der Waals surface area contributed by atoms with Gasteiger partial charge in [-0.1, -0.05) is 12.1 Å². The Kier molecular flexibility index (Phi) is 4.00. The number of ether oxygens (including phenoxy) is 1. The normalized spacial score (nSPS) is 19.0. The summed E-state index contributed by atoms with van der Waals surface area (Å²) in [7, 11) is 1.67. The third kappa shape index (κ3) is 2.79. The molecule has 2 heterocycles. The van der Waals surface area contributed by atoms with E-state index in [9.17, 15) is 4.39 Å². The summed E-state index contributed by atoms with van der Waals surface area (Å²) in [6.07, 6.45) is 5.13. The van der Waals surface area contributed by atoms with E-state index in [-0.39, 0.29) is 5.82 Å². The van der Waals surface area contributed by atoms with Crippen LogP contribution in [0.25, 0.3) is 11.4 Å². The second-order valence-corrected chi connectivity index (χ2v) is 6.97. The lowest BCUT2D eigenvalue weighted by Gasteiger charge is -2.33. The van der Waals surface area contributed by atoms with Crippen molar-refractivity contribution in [2.75, 3.05) is 31.7 Å². The average molecular weight is 330 g/mol. The van der Waals surface area contributed by atoms with E-state index < -0.39 is 0 Å². The van der Waals surface area contributed by atoms with Gasteiger partial charge < -0.3 is 9.64 Å². The molecule has 2 fully saturated rings. The minimum Gasteiger partial charge on any atom is -0.383 e. The van der Waals surface area contributed by atoms with Crippen LogP contribution in [0.5, 0.6) is 0 Å². The molecule has 1 aromatic heterocycles. The minimum absolute atomic E-state index is 0.271. The molecule has 1 aliphatic carbocycles. The number of halogens is 1. The smallest absolute Gasteiger partial charge is 0.227 e. The molecule has 0 radical (unpaired) electrons. The monoisotopic (exact) mass is 330 g/mol. The first-order valence-corrected chi connectivity index (χ1v) is 8.64. The van der Waals surface area contributed by atoms with E-state index in [1.807, 2.05) is 10.6 Å². The van der Waals surface area contributed by atoms with Crippen LogP contribution in [0, 0.1) is 11.2 Å². The van der Waals surface area contributed by atoms with Crippen LogP contribution in [-0.2, 0) is 11.3 Å². The summed E-state index contributed by atoms with van der Waals surface area (Å²) in [5.41, 5.74) is 0.986. The largest absolute Gasteiger partial charge is 0.383 e. The molecule has 1 aromatic carbocycles. The molecule has 2 aromatic rings. The molecule has 24 heavy (non-hydrogen) atoms. The van der Waals surface area contributed by atoms with E-state index >= 15 is 0 Å². The number of hydrogen-bond acceptors (Lipinski definition) is 4. The van der Waals surface area contributed by atoms with Gasteiger partial charge in [0, 0.05) is 20.2 Å². The Morgan fingerprint density at radius 1 is 1.21 bits per heavy atom. The fraction of sp³-hybridized carbons (Fsp3) is 0.556. The van der Waals surface area contributed by atoms with E-state index in [2.05, 4.69) is 15.1 Å². The third-order valence-electron chi connectivity index (χ3n) is 5.27. The van der Waals surface area contributed by atoms with Gasteiger partial charge in [0.15, 0.2) is 5.82 Å². The highest BCUT2D eigenvalue weighted by atomic mass is 19.1. The average Bonchev–Trinajstić information content (AvgIpc) is 3.20. The summed E-state index contributed by atoms with van der Waals surface area (Å²) in [5.74, 6) is 1.15. The molecular formula is C18H23FN4O. The number of hydrogen-bond donors (Lipinski definition) is 0. The van der Waals surface area contributed by atoms with Crippen LogP contribution in [0.1, 0.15) is 25.7 Å². The van der Waals surface area contributed by atoms with E-state index in [0.29, 0.717) is 30.0 Å². The van der Waals surface area contributed by atoms with Gasteiger partial charge in [-0.25, -0.2) is 4.39 Å². The van der Waals surface area contributed by atoms with Gasteiger partial charge in [-0.15, -0.1) is 10.2 Å². The van der Waals surface area contributed by atoms with Gasteiger partial charge >= 0.3 is 0 Å². The molecule has 0 bridgehead atoms. The third-order valence-corrected chi connectivity index (χ3v) is 5.27. The van der Waals surface area contributed by atoms with Crippen molar-refractivity contribution in [3.63, 3.8) is 0 Å². The zero-order valence-electron chi connectivity index (χ0n) is 14.0. The van der Waals surface area contributed by atoms with Crippen LogP contribution in [0.2, 0.25) is 0 Å². The number of benzene rings is 1. The summed E-state index contributed by atoms with van der Waals surface area (Å²) in [5, 5.41) is 8.74. The lowest BCUT2D eigenvalue weighted by atomic mass is 9.95. The highest BCUT2D eigenvalue weighted by molar-refractivity contribution is 5.58. The topological polar surface area (TPSA) is 43.2 Å². The first kappa shape index (κ1) is 15.6. The molecule has 4 rings (SSSR count). The maximum atomic E-state index is 14.2. The molecule has 1 aliphatic heterocycles. The van der Waals surface area contributed by atoms with E-state index in [1.54, 1.807) is 19.2 Å². The van der Waals surface area contributed by atoms with Gasteiger partial charge in [0.1, 0.15) is 5.82 Å². The van der Waals surface area contributed by atoms with Crippen LogP contribution in [0.4, 0.5) is 10.3 Å². The lowest BCUT2D eigenvalue weighted by molar-refractivity contribution is 0.187. The Bertz CT molecular complexity index is 726. The highest BCUT2D eigenvalue weighted by Gasteiger charge is 2.46. The Hall–Kier alpha value is -1.95. The minimum atomic E-state index is -0.271. The second-order valence-electron chi connectivity index (χ2n) is 6.97. The second kappa shape index (κ2) is 6.16. The first-order valence-electron chi connectivity index (χ1n) is 8.64. The molecule has 6 heteroatoms. The molecule has 0 N–H and O–H groups in total. The van der Waals surface area contributed by atoms with Crippen molar-refractivity contribution in [3.8, 4) is 11.4 Å². The quantitative estimate of drug-likeness (QED) is 0.845. The van der Waals surface area contributed by atoms with Gasteiger partial charge in [0.2, 0.25) is 5.95 Å². The standard InChI is InChI=1S/C18H23FN4O/c1-24-12-11-23-16(14-5-2-3-6-15(14)19)20-21-17(23)22-10-4-7-18(13-22)8-9-18/h2-3,5-6H,4,7-13H2,1H3. The van der Waals surface area contributed by atoms with Crippen molar-refractivity contribution in [2.45, 2.75) is 32.2 Å². The molecule has 0 atom stereocenters. The van der Waals surface area contributed by atoms with Crippen molar-refractivity contribution in [3.05, 3.63) is 30.1 Å². The number of rotatable bonds is 5. The van der Waals surface area contributed by atoms with Crippen molar-refractivity contribution in [2.24, 2.45) is 5.41 Å². The fourth-order valence-corrected chi connectivity index (χ4v) is 3.72. The zero-order valence-corrected chi connectivity index (χ0v) is 14.0. The van der Waals surface area contributed by atoms with E-state index in [1.165, 1.54) is 31.7 Å². The molecule has 128 valence electrons. The Balaban J connectivity index is 1.70. The van der Waals surface area contributed by atoms with Gasteiger partial charge in [0.05, 0.1) is 18.7 Å². The van der Waals surface area contributed by atoms with E-state index in [0.717, 1.165) is 19.0 Å². The lowest BCUT2D eigenvalue weighted by Crippen LogP contribution is -2.38. The first-order chi connectivity index (χ1) is 11.7. The SMILES string of the molecule is COCCn1c(-c2ccccc2F)nnc1N1CCCC2(CC2)C1. The molecule has 1 spiro atoms. The number of nitrogens with zero attached hydrogens (tertiary/aromatic N) is 4. The van der Waals surface area contributed by atoms with Crippen molar-refractivity contribution in [1.82, 2.24) is 14.8 Å². The number of anilines is 1. The van der Waals surface area contributed by atoms with Gasteiger partial charge in [0.25, 0.3) is 0 Å². The summed E-state index contributed by atoms with van der Waals surface area (Å²) in [6, 6.07) is 6.74. The molecule has 2 aliphatic rings. The van der Waals surface area contributed by atoms with Crippen LogP contribution < -0.4 is 4.90 Å². The number of aromatic nitrogens is 3. The molecular weight excluding hydrogens is 307 g/mol. The maximum Gasteiger partial charge on any atom is 0.227 e. The zero-order chi connectivity index (χ0) is 16.6. The summed E-state index contributed by atoms with van der Waals surface area (Å²) in [4.78, 5) is 2.32. The van der Waals surface area contributed by atoms with Crippen LogP contribution in [0.15, 0.2) is 24.3 Å². The Morgan fingerprint density at radius 2 is 2.04 bits per heavy atom.